The fourth-order valence-electron chi connectivity index (χ4n) is 2.26. The van der Waals surface area contributed by atoms with Crippen molar-refractivity contribution in [2.45, 2.75) is 45.6 Å². The number of hydrogen-bond acceptors (Lipinski definition) is 3. The van der Waals surface area contributed by atoms with Crippen LogP contribution < -0.4 is 4.90 Å². The number of aryl methyl sites for hydroxylation is 1. The van der Waals surface area contributed by atoms with Gasteiger partial charge in [0.2, 0.25) is 5.95 Å². The highest BCUT2D eigenvalue weighted by atomic mass is 79.9. The third kappa shape index (κ3) is 2.79. The van der Waals surface area contributed by atoms with Crippen molar-refractivity contribution < 1.29 is 0 Å². The zero-order valence-corrected chi connectivity index (χ0v) is 12.4. The van der Waals surface area contributed by atoms with E-state index in [9.17, 15) is 0 Å². The third-order valence-corrected chi connectivity index (χ3v) is 4.01. The third-order valence-electron chi connectivity index (χ3n) is 3.27. The molecule has 0 aromatic carbocycles. The van der Waals surface area contributed by atoms with Crippen molar-refractivity contribution in [3.8, 4) is 0 Å². The molecule has 2 heterocycles. The quantitative estimate of drug-likeness (QED) is 0.802. The van der Waals surface area contributed by atoms with Crippen LogP contribution in [0.2, 0.25) is 0 Å². The molecule has 1 unspecified atom stereocenters. The normalized spacial score (nSPS) is 20.3. The van der Waals surface area contributed by atoms with Gasteiger partial charge in [-0.05, 0) is 31.7 Å². The van der Waals surface area contributed by atoms with Crippen LogP contribution in [0.1, 0.15) is 44.0 Å². The monoisotopic (exact) mass is 297 g/mol. The van der Waals surface area contributed by atoms with Gasteiger partial charge in [0.05, 0.1) is 0 Å². The van der Waals surface area contributed by atoms with Crippen LogP contribution in [0.5, 0.6) is 0 Å². The molecule has 1 aliphatic rings. The second-order valence-electron chi connectivity index (χ2n) is 5.03. The van der Waals surface area contributed by atoms with Crippen LogP contribution in [0.15, 0.2) is 6.07 Å². The Morgan fingerprint density at radius 1 is 1.47 bits per heavy atom. The lowest BCUT2D eigenvalue weighted by Crippen LogP contribution is -2.32. The summed E-state index contributed by atoms with van der Waals surface area (Å²) in [5.74, 6) is 1.37. The number of anilines is 1. The molecule has 0 radical (unpaired) electrons. The molecule has 0 spiro atoms. The SMILES string of the molecule is Cc1cc(C(C)C)nc(N2CCCC2CBr)n1. The number of aromatic nitrogens is 2. The molecule has 0 aliphatic carbocycles. The maximum absolute atomic E-state index is 4.71. The second kappa shape index (κ2) is 5.34. The van der Waals surface area contributed by atoms with Gasteiger partial charge in [-0.1, -0.05) is 29.8 Å². The van der Waals surface area contributed by atoms with Crippen molar-refractivity contribution in [2.24, 2.45) is 0 Å². The Kier molecular flexibility index (Phi) is 4.02. The summed E-state index contributed by atoms with van der Waals surface area (Å²) in [7, 11) is 0. The zero-order chi connectivity index (χ0) is 12.4. The minimum atomic E-state index is 0.459. The number of rotatable bonds is 3. The van der Waals surface area contributed by atoms with Gasteiger partial charge in [-0.25, -0.2) is 9.97 Å². The van der Waals surface area contributed by atoms with Gasteiger partial charge in [-0.2, -0.15) is 0 Å². The van der Waals surface area contributed by atoms with Gasteiger partial charge in [-0.3, -0.25) is 0 Å². The Labute approximate surface area is 112 Å². The number of alkyl halides is 1. The van der Waals surface area contributed by atoms with Crippen LogP contribution in [0.3, 0.4) is 0 Å². The Hall–Kier alpha value is -0.640. The lowest BCUT2D eigenvalue weighted by molar-refractivity contribution is 0.716. The van der Waals surface area contributed by atoms with Gasteiger partial charge >= 0.3 is 0 Å². The summed E-state index contributed by atoms with van der Waals surface area (Å²) in [6, 6.07) is 2.64. The van der Waals surface area contributed by atoms with Crippen molar-refractivity contribution in [3.63, 3.8) is 0 Å². The molecule has 1 aliphatic heterocycles. The second-order valence-corrected chi connectivity index (χ2v) is 5.68. The topological polar surface area (TPSA) is 29.0 Å². The Morgan fingerprint density at radius 2 is 2.24 bits per heavy atom. The van der Waals surface area contributed by atoms with Crippen molar-refractivity contribution in [1.29, 1.82) is 0 Å². The van der Waals surface area contributed by atoms with Crippen LogP contribution in [0.25, 0.3) is 0 Å². The zero-order valence-electron chi connectivity index (χ0n) is 10.8. The number of hydrogen-bond donors (Lipinski definition) is 0. The van der Waals surface area contributed by atoms with Crippen LogP contribution in [0, 0.1) is 6.92 Å². The van der Waals surface area contributed by atoms with Gasteiger partial charge in [0.15, 0.2) is 0 Å². The van der Waals surface area contributed by atoms with E-state index >= 15 is 0 Å². The summed E-state index contributed by atoms with van der Waals surface area (Å²) in [5, 5.41) is 1.00. The molecular formula is C13H20BrN3. The average molecular weight is 298 g/mol. The Bertz CT molecular complexity index is 392. The summed E-state index contributed by atoms with van der Waals surface area (Å²) in [4.78, 5) is 11.6. The highest BCUT2D eigenvalue weighted by Gasteiger charge is 2.26. The van der Waals surface area contributed by atoms with E-state index in [0.29, 0.717) is 12.0 Å². The van der Waals surface area contributed by atoms with Crippen LogP contribution in [0.4, 0.5) is 5.95 Å². The summed E-state index contributed by atoms with van der Waals surface area (Å²) >= 11 is 3.58. The molecule has 2 rings (SSSR count). The van der Waals surface area contributed by atoms with E-state index in [2.05, 4.69) is 52.7 Å². The minimum Gasteiger partial charge on any atom is -0.337 e. The van der Waals surface area contributed by atoms with Crippen LogP contribution >= 0.6 is 15.9 Å². The smallest absolute Gasteiger partial charge is 0.226 e. The molecule has 0 bridgehead atoms. The standard InChI is InChI=1S/C13H20BrN3/c1-9(2)12-7-10(3)15-13(16-12)17-6-4-5-11(17)8-14/h7,9,11H,4-6,8H2,1-3H3. The summed E-state index contributed by atoms with van der Waals surface area (Å²) in [6.45, 7) is 7.49. The molecule has 1 atom stereocenters. The van der Waals surface area contributed by atoms with Gasteiger partial charge in [0.1, 0.15) is 0 Å². The summed E-state index contributed by atoms with van der Waals surface area (Å²) < 4.78 is 0. The van der Waals surface area contributed by atoms with Crippen molar-refractivity contribution >= 4 is 21.9 Å². The highest BCUT2D eigenvalue weighted by molar-refractivity contribution is 9.09. The molecule has 17 heavy (non-hydrogen) atoms. The van der Waals surface area contributed by atoms with Crippen LogP contribution in [-0.2, 0) is 0 Å². The average Bonchev–Trinajstić information content (AvgIpc) is 2.76. The van der Waals surface area contributed by atoms with Crippen molar-refractivity contribution in [2.75, 3.05) is 16.8 Å². The molecule has 0 saturated carbocycles. The lowest BCUT2D eigenvalue weighted by atomic mass is 10.1. The molecule has 1 fully saturated rings. The Morgan fingerprint density at radius 3 is 2.88 bits per heavy atom. The summed E-state index contributed by atoms with van der Waals surface area (Å²) in [5.41, 5.74) is 2.21. The first kappa shape index (κ1) is 12.8. The largest absolute Gasteiger partial charge is 0.337 e. The van der Waals surface area contributed by atoms with Gasteiger partial charge in [0, 0.05) is 29.3 Å². The lowest BCUT2D eigenvalue weighted by Gasteiger charge is -2.24. The van der Waals surface area contributed by atoms with E-state index < -0.39 is 0 Å². The predicted molar refractivity (Wildman–Crippen MR) is 75.0 cm³/mol. The fourth-order valence-corrected chi connectivity index (χ4v) is 2.93. The molecule has 3 nitrogen and oxygen atoms in total. The number of nitrogens with zero attached hydrogens (tertiary/aromatic N) is 3. The van der Waals surface area contributed by atoms with E-state index in [0.717, 1.165) is 29.2 Å². The molecule has 1 aromatic rings. The first-order valence-corrected chi connectivity index (χ1v) is 7.42. The maximum atomic E-state index is 4.71. The highest BCUT2D eigenvalue weighted by Crippen LogP contribution is 2.25. The molecule has 1 saturated heterocycles. The molecule has 1 aromatic heterocycles. The minimum absolute atomic E-state index is 0.459. The van der Waals surface area contributed by atoms with Gasteiger partial charge in [-0.15, -0.1) is 0 Å². The first-order valence-electron chi connectivity index (χ1n) is 6.30. The van der Waals surface area contributed by atoms with Gasteiger partial charge in [0.25, 0.3) is 0 Å². The molecule has 0 N–H and O–H groups in total. The van der Waals surface area contributed by atoms with Crippen molar-refractivity contribution in [3.05, 3.63) is 17.5 Å². The Balaban J connectivity index is 2.31. The van der Waals surface area contributed by atoms with Gasteiger partial charge < -0.3 is 4.90 Å². The number of halogens is 1. The molecule has 94 valence electrons. The van der Waals surface area contributed by atoms with E-state index in [1.165, 1.54) is 12.8 Å². The summed E-state index contributed by atoms with van der Waals surface area (Å²) in [6.07, 6.45) is 2.48. The molecular weight excluding hydrogens is 278 g/mol. The first-order chi connectivity index (χ1) is 8.11. The van der Waals surface area contributed by atoms with E-state index in [1.54, 1.807) is 0 Å². The van der Waals surface area contributed by atoms with E-state index in [-0.39, 0.29) is 0 Å². The van der Waals surface area contributed by atoms with E-state index in [1.807, 2.05) is 0 Å². The van der Waals surface area contributed by atoms with Crippen LogP contribution in [-0.4, -0.2) is 27.9 Å². The maximum Gasteiger partial charge on any atom is 0.226 e. The fraction of sp³-hybridized carbons (Fsp3) is 0.692. The molecule has 4 heteroatoms. The van der Waals surface area contributed by atoms with Crippen molar-refractivity contribution in [1.82, 2.24) is 9.97 Å². The predicted octanol–water partition coefficient (Wildman–Crippen LogP) is 3.27. The van der Waals surface area contributed by atoms with E-state index in [4.69, 9.17) is 4.98 Å². The molecule has 0 amide bonds.